The van der Waals surface area contributed by atoms with E-state index in [2.05, 4.69) is 15.5 Å². The van der Waals surface area contributed by atoms with Gasteiger partial charge in [0.15, 0.2) is 5.82 Å². The molecule has 0 aliphatic rings. The monoisotopic (exact) mass is 313 g/mol. The summed E-state index contributed by atoms with van der Waals surface area (Å²) in [7, 11) is 0. The van der Waals surface area contributed by atoms with Gasteiger partial charge in [-0.05, 0) is 24.3 Å². The first-order valence-corrected chi connectivity index (χ1v) is 6.76. The molecule has 2 heterocycles. The Kier molecular flexibility index (Phi) is 3.96. The van der Waals surface area contributed by atoms with Crippen LogP contribution in [-0.2, 0) is 11.3 Å². The van der Waals surface area contributed by atoms with Crippen molar-refractivity contribution in [1.29, 1.82) is 0 Å². The largest absolute Gasteiger partial charge is 0.322 e. The second-order valence-corrected chi connectivity index (χ2v) is 4.67. The van der Waals surface area contributed by atoms with E-state index in [9.17, 15) is 14.0 Å². The van der Waals surface area contributed by atoms with Gasteiger partial charge in [0, 0.05) is 18.5 Å². The summed E-state index contributed by atoms with van der Waals surface area (Å²) in [5.74, 6) is -0.706. The number of carbonyl (C=O) groups excluding carboxylic acids is 1. The summed E-state index contributed by atoms with van der Waals surface area (Å²) in [5.41, 5.74) is -0.390. The fraction of sp³-hybridized carbons (Fsp3) is 0.0667. The van der Waals surface area contributed by atoms with Gasteiger partial charge in [0.05, 0.1) is 5.69 Å². The smallest absolute Gasteiger partial charge is 0.267 e. The van der Waals surface area contributed by atoms with Gasteiger partial charge < -0.3 is 5.32 Å². The minimum atomic E-state index is -0.553. The van der Waals surface area contributed by atoms with Crippen LogP contribution in [0.4, 0.5) is 10.1 Å². The average molecular weight is 313 g/mol. The second kappa shape index (κ2) is 6.22. The van der Waals surface area contributed by atoms with Gasteiger partial charge >= 0.3 is 0 Å². The van der Waals surface area contributed by atoms with E-state index in [1.807, 2.05) is 0 Å². The summed E-state index contributed by atoms with van der Waals surface area (Å²) in [6, 6.07) is 10.3. The molecule has 2 aromatic heterocycles. The summed E-state index contributed by atoms with van der Waals surface area (Å²) in [4.78, 5) is 23.8. The third-order valence-corrected chi connectivity index (χ3v) is 3.03. The molecule has 0 aliphatic heterocycles. The summed E-state index contributed by atoms with van der Waals surface area (Å²) in [6.45, 7) is -0.331. The van der Waals surface area contributed by atoms with Crippen LogP contribution >= 0.6 is 0 Å². The summed E-state index contributed by atoms with van der Waals surface area (Å²) >= 11 is 0. The van der Waals surface area contributed by atoms with E-state index in [1.54, 1.807) is 24.5 Å². The number of nitrogens with one attached hydrogen (secondary N) is 1. The number of hydrogen-bond acceptors (Lipinski definition) is 4. The van der Waals surface area contributed by atoms with Gasteiger partial charge in [0.2, 0.25) is 5.91 Å². The van der Waals surface area contributed by atoms with Crippen LogP contribution in [0.25, 0.3) is 5.82 Å². The van der Waals surface area contributed by atoms with Crippen LogP contribution in [0.5, 0.6) is 0 Å². The first kappa shape index (κ1) is 14.6. The maximum atomic E-state index is 13.5. The van der Waals surface area contributed by atoms with Crippen LogP contribution < -0.4 is 10.9 Å². The molecular formula is C15H12FN5O2. The molecule has 0 saturated heterocycles. The van der Waals surface area contributed by atoms with Crippen LogP contribution in [0, 0.1) is 5.82 Å². The molecule has 1 amide bonds. The highest BCUT2D eigenvalue weighted by Gasteiger charge is 2.10. The van der Waals surface area contributed by atoms with Gasteiger partial charge in [0.25, 0.3) is 5.56 Å². The lowest BCUT2D eigenvalue weighted by atomic mass is 10.3. The molecule has 0 saturated carbocycles. The molecule has 0 atom stereocenters. The van der Waals surface area contributed by atoms with Crippen LogP contribution in [0.3, 0.4) is 0 Å². The number of halogens is 1. The molecule has 1 aromatic carbocycles. The molecule has 0 unspecified atom stereocenters. The molecule has 1 N–H and O–H groups in total. The van der Waals surface area contributed by atoms with Crippen molar-refractivity contribution < 1.29 is 9.18 Å². The lowest BCUT2D eigenvalue weighted by Gasteiger charge is -2.08. The molecule has 7 nitrogen and oxygen atoms in total. The standard InChI is InChI=1S/C15H12FN5O2/c16-11-4-1-2-5-12(11)18-14(22)10-21-15(23)7-6-13(19-21)20-9-3-8-17-20/h1-9H,10H2,(H,18,22). The molecular weight excluding hydrogens is 301 g/mol. The van der Waals surface area contributed by atoms with E-state index in [4.69, 9.17) is 0 Å². The minimum absolute atomic E-state index is 0.0498. The molecule has 0 radical (unpaired) electrons. The Morgan fingerprint density at radius 1 is 1.17 bits per heavy atom. The first-order valence-electron chi connectivity index (χ1n) is 6.76. The minimum Gasteiger partial charge on any atom is -0.322 e. The topological polar surface area (TPSA) is 81.8 Å². The zero-order valence-electron chi connectivity index (χ0n) is 11.9. The number of aromatic nitrogens is 4. The quantitative estimate of drug-likeness (QED) is 0.785. The molecule has 8 heteroatoms. The van der Waals surface area contributed by atoms with Gasteiger partial charge in [0.1, 0.15) is 12.4 Å². The van der Waals surface area contributed by atoms with Crippen molar-refractivity contribution in [2.45, 2.75) is 6.54 Å². The summed E-state index contributed by atoms with van der Waals surface area (Å²) < 4.78 is 16.0. The second-order valence-electron chi connectivity index (χ2n) is 4.67. The van der Waals surface area contributed by atoms with Crippen molar-refractivity contribution in [2.24, 2.45) is 0 Å². The first-order chi connectivity index (χ1) is 11.1. The highest BCUT2D eigenvalue weighted by atomic mass is 19.1. The van der Waals surface area contributed by atoms with E-state index < -0.39 is 17.3 Å². The Morgan fingerprint density at radius 2 is 2.00 bits per heavy atom. The van der Waals surface area contributed by atoms with Crippen molar-refractivity contribution in [3.63, 3.8) is 0 Å². The molecule has 0 bridgehead atoms. The Morgan fingerprint density at radius 3 is 2.74 bits per heavy atom. The van der Waals surface area contributed by atoms with Gasteiger partial charge in [-0.3, -0.25) is 9.59 Å². The normalized spacial score (nSPS) is 10.5. The molecule has 23 heavy (non-hydrogen) atoms. The molecule has 3 aromatic rings. The molecule has 0 fully saturated rings. The third-order valence-electron chi connectivity index (χ3n) is 3.03. The molecule has 0 spiro atoms. The number of hydrogen-bond donors (Lipinski definition) is 1. The Hall–Kier alpha value is -3.29. The van der Waals surface area contributed by atoms with Crippen molar-refractivity contribution in [2.75, 3.05) is 5.32 Å². The van der Waals surface area contributed by atoms with E-state index in [0.717, 1.165) is 4.68 Å². The van der Waals surface area contributed by atoms with Crippen molar-refractivity contribution >= 4 is 11.6 Å². The van der Waals surface area contributed by atoms with Gasteiger partial charge in [-0.15, -0.1) is 5.10 Å². The molecule has 116 valence electrons. The van der Waals surface area contributed by atoms with Crippen molar-refractivity contribution in [1.82, 2.24) is 19.6 Å². The number of para-hydroxylation sites is 1. The zero-order chi connectivity index (χ0) is 16.2. The molecule has 3 rings (SSSR count). The zero-order valence-corrected chi connectivity index (χ0v) is 11.9. The number of anilines is 1. The fourth-order valence-corrected chi connectivity index (χ4v) is 1.97. The van der Waals surface area contributed by atoms with E-state index in [-0.39, 0.29) is 12.2 Å². The van der Waals surface area contributed by atoms with Crippen LogP contribution in [-0.4, -0.2) is 25.5 Å². The van der Waals surface area contributed by atoms with Gasteiger partial charge in [-0.2, -0.15) is 5.10 Å². The number of nitrogens with zero attached hydrogens (tertiary/aromatic N) is 4. The van der Waals surface area contributed by atoms with Gasteiger partial charge in [-0.25, -0.2) is 13.8 Å². The maximum absolute atomic E-state index is 13.5. The SMILES string of the molecule is O=C(Cn1nc(-n2cccn2)ccc1=O)Nc1ccccc1F. The summed E-state index contributed by atoms with van der Waals surface area (Å²) in [6.07, 6.45) is 3.23. The predicted molar refractivity (Wildman–Crippen MR) is 80.6 cm³/mol. The van der Waals surface area contributed by atoms with Gasteiger partial charge in [-0.1, -0.05) is 12.1 Å². The number of benzene rings is 1. The van der Waals surface area contributed by atoms with E-state index >= 15 is 0 Å². The summed E-state index contributed by atoms with van der Waals surface area (Å²) in [5, 5.41) is 10.5. The predicted octanol–water partition coefficient (Wildman–Crippen LogP) is 1.21. The highest BCUT2D eigenvalue weighted by Crippen LogP contribution is 2.12. The average Bonchev–Trinajstić information content (AvgIpc) is 3.06. The number of amides is 1. The highest BCUT2D eigenvalue weighted by molar-refractivity contribution is 5.90. The fourth-order valence-electron chi connectivity index (χ4n) is 1.97. The molecule has 0 aliphatic carbocycles. The Labute approximate surface area is 130 Å². The van der Waals surface area contributed by atoms with Crippen molar-refractivity contribution in [3.05, 3.63) is 71.0 Å². The van der Waals surface area contributed by atoms with E-state index in [1.165, 1.54) is 35.0 Å². The van der Waals surface area contributed by atoms with Crippen LogP contribution in [0.2, 0.25) is 0 Å². The van der Waals surface area contributed by atoms with Crippen molar-refractivity contribution in [3.8, 4) is 5.82 Å². The van der Waals surface area contributed by atoms with Crippen LogP contribution in [0.15, 0.2) is 59.7 Å². The van der Waals surface area contributed by atoms with E-state index in [0.29, 0.717) is 5.82 Å². The number of carbonyl (C=O) groups is 1. The third kappa shape index (κ3) is 3.31. The Bertz CT molecular complexity index is 889. The maximum Gasteiger partial charge on any atom is 0.267 e. The lowest BCUT2D eigenvalue weighted by molar-refractivity contribution is -0.117. The van der Waals surface area contributed by atoms with Crippen LogP contribution in [0.1, 0.15) is 0 Å². The number of rotatable bonds is 4. The Balaban J connectivity index is 1.80. The lowest BCUT2D eigenvalue weighted by Crippen LogP contribution is -2.30.